The summed E-state index contributed by atoms with van der Waals surface area (Å²) in [6.07, 6.45) is 0. The van der Waals surface area contributed by atoms with Gasteiger partial charge in [0.05, 0.1) is 12.6 Å². The molecule has 0 aliphatic carbocycles. The maximum Gasteiger partial charge on any atom is 0.296 e. The predicted molar refractivity (Wildman–Crippen MR) is 57.9 cm³/mol. The highest BCUT2D eigenvalue weighted by molar-refractivity contribution is 5.93. The molecule has 78 valence electrons. The molecular formula is C12H13NO2. The highest BCUT2D eigenvalue weighted by Crippen LogP contribution is 2.10. The maximum atomic E-state index is 11.2. The van der Waals surface area contributed by atoms with E-state index in [1.807, 2.05) is 30.3 Å². The molecule has 0 fully saturated rings. The van der Waals surface area contributed by atoms with Gasteiger partial charge >= 0.3 is 0 Å². The zero-order chi connectivity index (χ0) is 11.1. The number of aliphatic hydroxyl groups excluding tert-OH is 1. The largest absolute Gasteiger partial charge is 0.394 e. The Bertz CT molecular complexity index is 376. The topological polar surface area (TPSA) is 49.3 Å². The van der Waals surface area contributed by atoms with Crippen LogP contribution in [-0.2, 0) is 4.79 Å². The molecule has 3 nitrogen and oxygen atoms in total. The fraction of sp³-hybridized carbons (Fsp3) is 0.250. The maximum absolute atomic E-state index is 11.2. The van der Waals surface area contributed by atoms with Gasteiger partial charge in [-0.05, 0) is 18.4 Å². The Morgan fingerprint density at radius 2 is 2.13 bits per heavy atom. The van der Waals surface area contributed by atoms with Crippen LogP contribution in [0.5, 0.6) is 0 Å². The Morgan fingerprint density at radius 3 is 2.67 bits per heavy atom. The quantitative estimate of drug-likeness (QED) is 0.716. The molecule has 1 aromatic rings. The van der Waals surface area contributed by atoms with Crippen LogP contribution in [0, 0.1) is 11.8 Å². The van der Waals surface area contributed by atoms with Crippen LogP contribution in [0.4, 0.5) is 0 Å². The number of hydrogen-bond acceptors (Lipinski definition) is 2. The van der Waals surface area contributed by atoms with Gasteiger partial charge in [-0.1, -0.05) is 36.3 Å². The summed E-state index contributed by atoms with van der Waals surface area (Å²) in [5.74, 6) is 4.50. The minimum atomic E-state index is -0.389. The zero-order valence-corrected chi connectivity index (χ0v) is 8.53. The number of rotatable bonds is 3. The van der Waals surface area contributed by atoms with E-state index in [1.165, 1.54) is 0 Å². The van der Waals surface area contributed by atoms with E-state index in [9.17, 15) is 4.79 Å². The monoisotopic (exact) mass is 203 g/mol. The van der Waals surface area contributed by atoms with Crippen molar-refractivity contribution in [1.82, 2.24) is 5.32 Å². The Labute approximate surface area is 89.1 Å². The lowest BCUT2D eigenvalue weighted by molar-refractivity contribution is -0.116. The van der Waals surface area contributed by atoms with E-state index < -0.39 is 0 Å². The standard InChI is InChI=1S/C12H13NO2/c1-2-6-12(15)13-11(9-14)10-7-4-3-5-8-10/h3-5,7-8,11,14H,9H2,1H3,(H,13,15)/t11-/m1/s1. The summed E-state index contributed by atoms with van der Waals surface area (Å²) in [5.41, 5.74) is 0.867. The predicted octanol–water partition coefficient (Wildman–Crippen LogP) is 0.860. The molecule has 0 aliphatic heterocycles. The second-order valence-corrected chi connectivity index (χ2v) is 2.99. The Balaban J connectivity index is 2.72. The highest BCUT2D eigenvalue weighted by Gasteiger charge is 2.11. The van der Waals surface area contributed by atoms with Crippen molar-refractivity contribution < 1.29 is 9.90 Å². The second-order valence-electron chi connectivity index (χ2n) is 2.99. The number of hydrogen-bond donors (Lipinski definition) is 2. The molecule has 0 heterocycles. The van der Waals surface area contributed by atoms with Gasteiger partial charge < -0.3 is 10.4 Å². The average molecular weight is 203 g/mol. The lowest BCUT2D eigenvalue weighted by Gasteiger charge is -2.14. The van der Waals surface area contributed by atoms with Crippen molar-refractivity contribution in [2.75, 3.05) is 6.61 Å². The number of carbonyl (C=O) groups excluding carboxylic acids is 1. The zero-order valence-electron chi connectivity index (χ0n) is 8.53. The van der Waals surface area contributed by atoms with Crippen LogP contribution in [0.1, 0.15) is 18.5 Å². The average Bonchev–Trinajstić information content (AvgIpc) is 2.27. The SMILES string of the molecule is CC#CC(=O)N[C@H](CO)c1ccccc1. The molecule has 0 aromatic heterocycles. The summed E-state index contributed by atoms with van der Waals surface area (Å²) in [7, 11) is 0. The van der Waals surface area contributed by atoms with E-state index in [2.05, 4.69) is 17.2 Å². The van der Waals surface area contributed by atoms with E-state index in [0.717, 1.165) is 5.56 Å². The minimum Gasteiger partial charge on any atom is -0.394 e. The van der Waals surface area contributed by atoms with Crippen molar-refractivity contribution in [2.24, 2.45) is 0 Å². The first-order valence-electron chi connectivity index (χ1n) is 4.67. The van der Waals surface area contributed by atoms with Gasteiger partial charge in [-0.2, -0.15) is 0 Å². The molecule has 0 saturated carbocycles. The summed E-state index contributed by atoms with van der Waals surface area (Å²) < 4.78 is 0. The van der Waals surface area contributed by atoms with Crippen molar-refractivity contribution in [3.8, 4) is 11.8 Å². The number of nitrogens with one attached hydrogen (secondary N) is 1. The molecule has 0 unspecified atom stereocenters. The highest BCUT2D eigenvalue weighted by atomic mass is 16.3. The molecule has 3 heteroatoms. The smallest absolute Gasteiger partial charge is 0.296 e. The summed E-state index contributed by atoms with van der Waals surface area (Å²) >= 11 is 0. The third-order valence-corrected chi connectivity index (χ3v) is 1.93. The van der Waals surface area contributed by atoms with Crippen LogP contribution in [-0.4, -0.2) is 17.6 Å². The molecule has 0 radical (unpaired) electrons. The molecule has 0 saturated heterocycles. The normalized spacial score (nSPS) is 11.1. The number of amides is 1. The molecule has 0 aliphatic rings. The first-order chi connectivity index (χ1) is 7.27. The molecule has 15 heavy (non-hydrogen) atoms. The van der Waals surface area contributed by atoms with Crippen molar-refractivity contribution >= 4 is 5.91 Å². The summed E-state index contributed by atoms with van der Waals surface area (Å²) in [4.78, 5) is 11.2. The van der Waals surface area contributed by atoms with Gasteiger partial charge in [0.1, 0.15) is 0 Å². The van der Waals surface area contributed by atoms with Crippen molar-refractivity contribution in [3.63, 3.8) is 0 Å². The Kier molecular flexibility index (Phi) is 4.39. The first kappa shape index (κ1) is 11.3. The molecule has 1 aromatic carbocycles. The molecule has 0 spiro atoms. The van der Waals surface area contributed by atoms with Crippen LogP contribution in [0.25, 0.3) is 0 Å². The van der Waals surface area contributed by atoms with E-state index in [-0.39, 0.29) is 18.6 Å². The molecule has 1 amide bonds. The summed E-state index contributed by atoms with van der Waals surface area (Å²) in [6, 6.07) is 8.90. The van der Waals surface area contributed by atoms with Crippen LogP contribution in [0.2, 0.25) is 0 Å². The van der Waals surface area contributed by atoms with Crippen LogP contribution in [0.3, 0.4) is 0 Å². The number of aliphatic hydroxyl groups is 1. The van der Waals surface area contributed by atoms with Gasteiger partial charge in [0.15, 0.2) is 0 Å². The fourth-order valence-corrected chi connectivity index (χ4v) is 1.23. The summed E-state index contributed by atoms with van der Waals surface area (Å²) in [6.45, 7) is 1.46. The van der Waals surface area contributed by atoms with E-state index >= 15 is 0 Å². The fourth-order valence-electron chi connectivity index (χ4n) is 1.23. The van der Waals surface area contributed by atoms with Crippen LogP contribution in [0.15, 0.2) is 30.3 Å². The molecule has 0 bridgehead atoms. The van der Waals surface area contributed by atoms with Gasteiger partial charge in [-0.25, -0.2) is 0 Å². The van der Waals surface area contributed by atoms with E-state index in [0.29, 0.717) is 0 Å². The molecule has 1 atom stereocenters. The number of carbonyl (C=O) groups is 1. The molecular weight excluding hydrogens is 190 g/mol. The van der Waals surface area contributed by atoms with Crippen LogP contribution >= 0.6 is 0 Å². The summed E-state index contributed by atoms with van der Waals surface area (Å²) in [5, 5.41) is 11.8. The van der Waals surface area contributed by atoms with Crippen molar-refractivity contribution in [1.29, 1.82) is 0 Å². The van der Waals surface area contributed by atoms with Gasteiger partial charge in [-0.3, -0.25) is 4.79 Å². The second kappa shape index (κ2) is 5.84. The van der Waals surface area contributed by atoms with E-state index in [1.54, 1.807) is 6.92 Å². The Hall–Kier alpha value is -1.79. The van der Waals surface area contributed by atoms with Gasteiger partial charge in [0, 0.05) is 0 Å². The van der Waals surface area contributed by atoms with E-state index in [4.69, 9.17) is 5.11 Å². The lowest BCUT2D eigenvalue weighted by atomic mass is 10.1. The molecule has 1 rings (SSSR count). The lowest BCUT2D eigenvalue weighted by Crippen LogP contribution is -2.29. The Morgan fingerprint density at radius 1 is 1.47 bits per heavy atom. The number of benzene rings is 1. The van der Waals surface area contributed by atoms with Crippen LogP contribution < -0.4 is 5.32 Å². The van der Waals surface area contributed by atoms with Crippen molar-refractivity contribution in [3.05, 3.63) is 35.9 Å². The third kappa shape index (κ3) is 3.45. The van der Waals surface area contributed by atoms with Gasteiger partial charge in [0.2, 0.25) is 0 Å². The van der Waals surface area contributed by atoms with Gasteiger partial charge in [0.25, 0.3) is 5.91 Å². The molecule has 2 N–H and O–H groups in total. The van der Waals surface area contributed by atoms with Gasteiger partial charge in [-0.15, -0.1) is 0 Å². The third-order valence-electron chi connectivity index (χ3n) is 1.93. The van der Waals surface area contributed by atoms with Crippen molar-refractivity contribution in [2.45, 2.75) is 13.0 Å². The minimum absolute atomic E-state index is 0.138. The first-order valence-corrected chi connectivity index (χ1v) is 4.67.